The van der Waals surface area contributed by atoms with Gasteiger partial charge in [0.25, 0.3) is 0 Å². The zero-order valence-electron chi connectivity index (χ0n) is 7.94. The molecule has 1 N–H and O–H groups in total. The summed E-state index contributed by atoms with van der Waals surface area (Å²) in [7, 11) is -7.35. The topological polar surface area (TPSA) is 80.3 Å². The van der Waals surface area contributed by atoms with Gasteiger partial charge >= 0.3 is 0 Å². The van der Waals surface area contributed by atoms with E-state index in [-0.39, 0.29) is 17.4 Å². The van der Waals surface area contributed by atoms with Crippen molar-refractivity contribution in [1.29, 1.82) is 0 Å². The maximum absolute atomic E-state index is 11.1. The third-order valence-corrected chi connectivity index (χ3v) is 5.08. The molecular weight excluding hydrogens is 214 g/mol. The van der Waals surface area contributed by atoms with Crippen molar-refractivity contribution in [3.05, 3.63) is 0 Å². The number of hydrogen-bond acceptors (Lipinski definition) is 4. The molecule has 0 aliphatic carbocycles. The molecule has 0 aromatic carbocycles. The molecule has 0 aliphatic heterocycles. The van der Waals surface area contributed by atoms with Crippen molar-refractivity contribution < 1.29 is 16.8 Å². The highest BCUT2D eigenvalue weighted by Crippen LogP contribution is 1.99. The van der Waals surface area contributed by atoms with Crippen LogP contribution in [0.1, 0.15) is 20.8 Å². The Bertz CT molecular complexity index is 341. The zero-order valence-corrected chi connectivity index (χ0v) is 9.57. The van der Waals surface area contributed by atoms with Gasteiger partial charge in [-0.1, -0.05) is 13.8 Å². The maximum atomic E-state index is 11.1. The molecule has 0 amide bonds. The Balaban J connectivity index is 4.54. The van der Waals surface area contributed by atoms with Crippen LogP contribution in [-0.4, -0.2) is 28.3 Å². The van der Waals surface area contributed by atoms with Crippen molar-refractivity contribution in [3.8, 4) is 0 Å². The van der Waals surface area contributed by atoms with E-state index < -0.39 is 20.0 Å². The molecule has 0 aromatic rings. The molecule has 0 radical (unpaired) electrons. The molecule has 13 heavy (non-hydrogen) atoms. The number of nitrogens with one attached hydrogen (secondary N) is 1. The highest BCUT2D eigenvalue weighted by molar-refractivity contribution is 8.04. The minimum atomic E-state index is -3.69. The Morgan fingerprint density at radius 1 is 1.08 bits per heavy atom. The number of rotatable bonds is 5. The van der Waals surface area contributed by atoms with Gasteiger partial charge in [0.2, 0.25) is 20.0 Å². The second kappa shape index (κ2) is 4.39. The standard InChI is InChI=1S/C6H15NO4S2/c1-4-12(8,9)7-13(10,11)5-6(2)3/h6-7H,4-5H2,1-3H3. The fourth-order valence-electron chi connectivity index (χ4n) is 0.725. The normalized spacial score (nSPS) is 13.5. The Kier molecular flexibility index (Phi) is 4.34. The summed E-state index contributed by atoms with van der Waals surface area (Å²) < 4.78 is 45.7. The van der Waals surface area contributed by atoms with E-state index in [0.29, 0.717) is 0 Å². The van der Waals surface area contributed by atoms with E-state index >= 15 is 0 Å². The monoisotopic (exact) mass is 229 g/mol. The van der Waals surface area contributed by atoms with Crippen molar-refractivity contribution in [2.75, 3.05) is 11.5 Å². The first-order valence-corrected chi connectivity index (χ1v) is 7.23. The first-order chi connectivity index (χ1) is 5.68. The lowest BCUT2D eigenvalue weighted by Gasteiger charge is -2.07. The highest BCUT2D eigenvalue weighted by atomic mass is 32.3. The van der Waals surface area contributed by atoms with E-state index in [0.717, 1.165) is 0 Å². The van der Waals surface area contributed by atoms with Gasteiger partial charge in [-0.3, -0.25) is 0 Å². The average Bonchev–Trinajstić information content (AvgIpc) is 1.81. The lowest BCUT2D eigenvalue weighted by Crippen LogP contribution is -2.34. The quantitative estimate of drug-likeness (QED) is 0.714. The molecule has 0 fully saturated rings. The third-order valence-electron chi connectivity index (χ3n) is 1.19. The van der Waals surface area contributed by atoms with Gasteiger partial charge in [-0.25, -0.2) is 16.8 Å². The van der Waals surface area contributed by atoms with Crippen LogP contribution in [0.25, 0.3) is 0 Å². The van der Waals surface area contributed by atoms with Gasteiger partial charge in [0.05, 0.1) is 11.5 Å². The second-order valence-corrected chi connectivity index (χ2v) is 7.20. The fraction of sp³-hybridized carbons (Fsp3) is 1.00. The van der Waals surface area contributed by atoms with Gasteiger partial charge in [0, 0.05) is 0 Å². The van der Waals surface area contributed by atoms with Gasteiger partial charge in [-0.05, 0) is 12.8 Å². The van der Waals surface area contributed by atoms with Crippen LogP contribution in [0.5, 0.6) is 0 Å². The van der Waals surface area contributed by atoms with Gasteiger partial charge in [0.1, 0.15) is 0 Å². The predicted molar refractivity (Wildman–Crippen MR) is 51.2 cm³/mol. The summed E-state index contributed by atoms with van der Waals surface area (Å²) in [4.78, 5) is 0. The second-order valence-electron chi connectivity index (χ2n) is 3.16. The van der Waals surface area contributed by atoms with Crippen LogP contribution in [0.4, 0.5) is 0 Å². The summed E-state index contributed by atoms with van der Waals surface area (Å²) in [6.07, 6.45) is 0. The smallest absolute Gasteiger partial charge is 0.211 e. The lowest BCUT2D eigenvalue weighted by atomic mass is 10.3. The molecule has 0 saturated carbocycles. The molecule has 0 aliphatic rings. The van der Waals surface area contributed by atoms with E-state index in [1.54, 1.807) is 18.0 Å². The zero-order chi connectivity index (χ0) is 10.7. The summed E-state index contributed by atoms with van der Waals surface area (Å²) in [5.41, 5.74) is 0. The van der Waals surface area contributed by atoms with E-state index in [4.69, 9.17) is 0 Å². The SMILES string of the molecule is CCS(=O)(=O)NS(=O)(=O)CC(C)C. The van der Waals surface area contributed by atoms with Crippen molar-refractivity contribution in [1.82, 2.24) is 4.13 Å². The van der Waals surface area contributed by atoms with Crippen LogP contribution in [-0.2, 0) is 20.0 Å². The predicted octanol–water partition coefficient (Wildman–Crippen LogP) is -0.0885. The first kappa shape index (κ1) is 12.9. The summed E-state index contributed by atoms with van der Waals surface area (Å²) in [5.74, 6) is -0.499. The molecule has 7 heteroatoms. The molecular formula is C6H15NO4S2. The number of sulfonamides is 2. The lowest BCUT2D eigenvalue weighted by molar-refractivity contribution is 0.569. The molecule has 0 unspecified atom stereocenters. The van der Waals surface area contributed by atoms with Crippen molar-refractivity contribution in [2.45, 2.75) is 20.8 Å². The third kappa shape index (κ3) is 6.00. The first-order valence-electron chi connectivity index (χ1n) is 3.92. The minimum Gasteiger partial charge on any atom is -0.211 e. The van der Waals surface area contributed by atoms with Crippen LogP contribution >= 0.6 is 0 Å². The molecule has 0 heterocycles. The van der Waals surface area contributed by atoms with Crippen LogP contribution in [0.2, 0.25) is 0 Å². The van der Waals surface area contributed by atoms with Crippen molar-refractivity contribution in [3.63, 3.8) is 0 Å². The van der Waals surface area contributed by atoms with Gasteiger partial charge in [-0.15, -0.1) is 4.13 Å². The summed E-state index contributed by atoms with van der Waals surface area (Å²) in [6, 6.07) is 0. The van der Waals surface area contributed by atoms with Crippen LogP contribution in [0, 0.1) is 5.92 Å². The van der Waals surface area contributed by atoms with Crippen LogP contribution < -0.4 is 4.13 Å². The van der Waals surface area contributed by atoms with Crippen LogP contribution in [0.3, 0.4) is 0 Å². The summed E-state index contributed by atoms with van der Waals surface area (Å²) in [5, 5.41) is 0. The summed E-state index contributed by atoms with van der Waals surface area (Å²) in [6.45, 7) is 4.79. The largest absolute Gasteiger partial charge is 0.224 e. The Morgan fingerprint density at radius 3 is 1.85 bits per heavy atom. The van der Waals surface area contributed by atoms with Crippen molar-refractivity contribution in [2.24, 2.45) is 5.92 Å². The molecule has 0 atom stereocenters. The molecule has 0 bridgehead atoms. The molecule has 0 aromatic heterocycles. The average molecular weight is 229 g/mol. The van der Waals surface area contributed by atoms with E-state index in [9.17, 15) is 16.8 Å². The van der Waals surface area contributed by atoms with E-state index in [1.165, 1.54) is 6.92 Å². The van der Waals surface area contributed by atoms with Crippen molar-refractivity contribution >= 4 is 20.0 Å². The Labute approximate surface area is 79.6 Å². The summed E-state index contributed by atoms with van der Waals surface area (Å²) >= 11 is 0. The number of hydrogen-bond donors (Lipinski definition) is 1. The van der Waals surface area contributed by atoms with E-state index in [2.05, 4.69) is 0 Å². The maximum Gasteiger partial charge on any atom is 0.224 e. The minimum absolute atomic E-state index is 0.0930. The van der Waals surface area contributed by atoms with Crippen LogP contribution in [0.15, 0.2) is 0 Å². The highest BCUT2D eigenvalue weighted by Gasteiger charge is 2.19. The Hall–Kier alpha value is -0.140. The van der Waals surface area contributed by atoms with Gasteiger partial charge < -0.3 is 0 Å². The molecule has 80 valence electrons. The fourth-order valence-corrected chi connectivity index (χ4v) is 3.89. The van der Waals surface area contributed by atoms with Gasteiger partial charge in [0.15, 0.2) is 0 Å². The molecule has 5 nitrogen and oxygen atoms in total. The Morgan fingerprint density at radius 2 is 1.54 bits per heavy atom. The molecule has 0 spiro atoms. The molecule has 0 saturated heterocycles. The van der Waals surface area contributed by atoms with E-state index in [1.807, 2.05) is 0 Å². The van der Waals surface area contributed by atoms with Gasteiger partial charge in [-0.2, -0.15) is 0 Å². The molecule has 0 rings (SSSR count).